The molecule has 0 N–H and O–H groups in total. The van der Waals surface area contributed by atoms with E-state index in [1.165, 1.54) is 0 Å². The van der Waals surface area contributed by atoms with E-state index in [4.69, 9.17) is 11.6 Å². The zero-order valence-corrected chi connectivity index (χ0v) is 10.5. The topological polar surface area (TPSA) is 28.0 Å². The van der Waals surface area contributed by atoms with E-state index in [2.05, 4.69) is 16.8 Å². The minimum absolute atomic E-state index is 0.123. The van der Waals surface area contributed by atoms with E-state index >= 15 is 0 Å². The Balaban J connectivity index is 2.23. The average Bonchev–Trinajstić information content (AvgIpc) is 2.78. The fourth-order valence-corrected chi connectivity index (χ4v) is 2.77. The molecule has 0 saturated heterocycles. The van der Waals surface area contributed by atoms with E-state index < -0.39 is 0 Å². The maximum Gasteiger partial charge on any atom is 0.180 e. The van der Waals surface area contributed by atoms with Gasteiger partial charge < -0.3 is 0 Å². The normalized spacial score (nSPS) is 19.4. The molecule has 0 radical (unpaired) electrons. The smallest absolute Gasteiger partial charge is 0.180 e. The number of halogens is 1. The fraction of sp³-hybridized carbons (Fsp3) is 0.273. The van der Waals surface area contributed by atoms with Crippen LogP contribution < -0.4 is 0 Å². The van der Waals surface area contributed by atoms with Crippen LogP contribution in [0.3, 0.4) is 0 Å². The van der Waals surface area contributed by atoms with Gasteiger partial charge in [0.2, 0.25) is 0 Å². The van der Waals surface area contributed by atoms with Crippen molar-refractivity contribution in [3.05, 3.63) is 34.9 Å². The van der Waals surface area contributed by atoms with Gasteiger partial charge in [0.1, 0.15) is 0 Å². The van der Waals surface area contributed by atoms with Gasteiger partial charge in [-0.05, 0) is 11.6 Å². The van der Waals surface area contributed by atoms with E-state index in [1.54, 1.807) is 16.8 Å². The summed E-state index contributed by atoms with van der Waals surface area (Å²) in [5.74, 6) is 0.902. The maximum absolute atomic E-state index is 6.14. The minimum Gasteiger partial charge on any atom is -0.252 e. The van der Waals surface area contributed by atoms with Crippen LogP contribution in [0.5, 0.6) is 0 Å². The van der Waals surface area contributed by atoms with Crippen molar-refractivity contribution < 1.29 is 0 Å². The molecular weight excluding hydrogens is 242 g/mol. The summed E-state index contributed by atoms with van der Waals surface area (Å²) in [4.78, 5) is 4.58. The molecule has 0 aromatic heterocycles. The zero-order valence-electron chi connectivity index (χ0n) is 8.93. The standard InChI is InChI=1S/C11H12ClN3S/c1-13-15(2)11-14-10(7-16-11)8-5-3-4-6-9(8)12/h3-6,10H,1,7H2,2H3. The van der Waals surface area contributed by atoms with E-state index in [9.17, 15) is 0 Å². The van der Waals surface area contributed by atoms with Gasteiger partial charge in [-0.15, -0.1) is 0 Å². The first-order chi connectivity index (χ1) is 7.72. The second kappa shape index (κ2) is 4.89. The fourth-order valence-electron chi connectivity index (χ4n) is 1.50. The summed E-state index contributed by atoms with van der Waals surface area (Å²) >= 11 is 7.81. The molecule has 1 heterocycles. The van der Waals surface area contributed by atoms with Gasteiger partial charge in [0.15, 0.2) is 5.17 Å². The molecule has 5 heteroatoms. The maximum atomic E-state index is 6.14. The molecule has 1 aromatic rings. The molecule has 0 amide bonds. The molecule has 3 nitrogen and oxygen atoms in total. The number of hydrazone groups is 1. The van der Waals surface area contributed by atoms with Gasteiger partial charge in [-0.2, -0.15) is 5.10 Å². The summed E-state index contributed by atoms with van der Waals surface area (Å²) in [5, 5.41) is 7.16. The second-order valence-electron chi connectivity index (χ2n) is 3.43. The van der Waals surface area contributed by atoms with Crippen molar-refractivity contribution in [3.63, 3.8) is 0 Å². The van der Waals surface area contributed by atoms with Crippen LogP contribution in [0.15, 0.2) is 34.4 Å². The molecule has 1 aliphatic heterocycles. The largest absolute Gasteiger partial charge is 0.252 e. The Hall–Kier alpha value is -1.000. The number of rotatable bonds is 2. The first-order valence-corrected chi connectivity index (χ1v) is 6.24. The average molecular weight is 254 g/mol. The molecule has 0 spiro atoms. The molecule has 1 aromatic carbocycles. The highest BCUT2D eigenvalue weighted by atomic mass is 35.5. The van der Waals surface area contributed by atoms with Gasteiger partial charge >= 0.3 is 0 Å². The number of benzene rings is 1. The van der Waals surface area contributed by atoms with Crippen LogP contribution in [0, 0.1) is 0 Å². The van der Waals surface area contributed by atoms with Crippen molar-refractivity contribution >= 4 is 35.2 Å². The second-order valence-corrected chi connectivity index (χ2v) is 4.82. The van der Waals surface area contributed by atoms with Crippen LogP contribution in [-0.2, 0) is 0 Å². The molecule has 0 fully saturated rings. The summed E-state index contributed by atoms with van der Waals surface area (Å²) in [5.41, 5.74) is 1.07. The number of amidine groups is 1. The van der Waals surface area contributed by atoms with Crippen LogP contribution in [0.2, 0.25) is 5.02 Å². The van der Waals surface area contributed by atoms with Crippen LogP contribution in [0.4, 0.5) is 0 Å². The highest BCUT2D eigenvalue weighted by Crippen LogP contribution is 2.34. The lowest BCUT2D eigenvalue weighted by Gasteiger charge is -2.09. The Morgan fingerprint density at radius 2 is 2.31 bits per heavy atom. The lowest BCUT2D eigenvalue weighted by atomic mass is 10.1. The van der Waals surface area contributed by atoms with Gasteiger partial charge in [-0.1, -0.05) is 41.6 Å². The van der Waals surface area contributed by atoms with Gasteiger partial charge in [0.05, 0.1) is 6.04 Å². The zero-order chi connectivity index (χ0) is 11.5. The van der Waals surface area contributed by atoms with Crippen LogP contribution >= 0.6 is 23.4 Å². The van der Waals surface area contributed by atoms with Crippen molar-refractivity contribution in [1.82, 2.24) is 5.01 Å². The first kappa shape index (κ1) is 11.5. The quantitative estimate of drug-likeness (QED) is 0.599. The molecule has 1 aliphatic rings. The molecule has 84 valence electrons. The Morgan fingerprint density at radius 3 is 3.00 bits per heavy atom. The Morgan fingerprint density at radius 1 is 1.56 bits per heavy atom. The highest BCUT2D eigenvalue weighted by molar-refractivity contribution is 8.14. The van der Waals surface area contributed by atoms with E-state index in [1.807, 2.05) is 31.3 Å². The minimum atomic E-state index is 0.123. The SMILES string of the molecule is C=NN(C)C1=NC(c2ccccc2Cl)CS1. The lowest BCUT2D eigenvalue weighted by Crippen LogP contribution is -2.15. The highest BCUT2D eigenvalue weighted by Gasteiger charge is 2.23. The summed E-state index contributed by atoms with van der Waals surface area (Å²) in [7, 11) is 1.84. The predicted molar refractivity (Wildman–Crippen MR) is 71.4 cm³/mol. The van der Waals surface area contributed by atoms with Crippen LogP contribution in [0.25, 0.3) is 0 Å². The molecule has 2 rings (SSSR count). The predicted octanol–water partition coefficient (Wildman–Crippen LogP) is 3.03. The monoisotopic (exact) mass is 253 g/mol. The third kappa shape index (κ3) is 2.23. The number of hydrogen-bond acceptors (Lipinski definition) is 4. The van der Waals surface area contributed by atoms with Crippen LogP contribution in [0.1, 0.15) is 11.6 Å². The molecule has 16 heavy (non-hydrogen) atoms. The summed E-state index contributed by atoms with van der Waals surface area (Å²) in [6.07, 6.45) is 0. The molecule has 1 unspecified atom stereocenters. The van der Waals surface area contributed by atoms with Crippen molar-refractivity contribution in [3.8, 4) is 0 Å². The molecule has 1 atom stereocenters. The molecule has 0 aliphatic carbocycles. The molecular formula is C11H12ClN3S. The first-order valence-electron chi connectivity index (χ1n) is 4.87. The van der Waals surface area contributed by atoms with Crippen molar-refractivity contribution in [2.45, 2.75) is 6.04 Å². The Kier molecular flexibility index (Phi) is 3.51. The van der Waals surface area contributed by atoms with E-state index in [-0.39, 0.29) is 6.04 Å². The van der Waals surface area contributed by atoms with Crippen molar-refractivity contribution in [2.75, 3.05) is 12.8 Å². The van der Waals surface area contributed by atoms with Gasteiger partial charge in [0, 0.05) is 24.5 Å². The third-order valence-electron chi connectivity index (χ3n) is 2.39. The van der Waals surface area contributed by atoms with E-state index in [0.29, 0.717) is 0 Å². The lowest BCUT2D eigenvalue weighted by molar-refractivity contribution is 0.557. The number of nitrogens with zero attached hydrogens (tertiary/aromatic N) is 3. The summed E-state index contributed by atoms with van der Waals surface area (Å²) in [6, 6.07) is 7.94. The number of hydrogen-bond donors (Lipinski definition) is 0. The Labute approximate surface area is 104 Å². The third-order valence-corrected chi connectivity index (χ3v) is 3.84. The summed E-state index contributed by atoms with van der Waals surface area (Å²) < 4.78 is 0. The molecule has 0 saturated carbocycles. The van der Waals surface area contributed by atoms with Gasteiger partial charge in [-0.3, -0.25) is 4.99 Å². The van der Waals surface area contributed by atoms with Crippen LogP contribution in [-0.4, -0.2) is 29.7 Å². The van der Waals surface area contributed by atoms with E-state index in [0.717, 1.165) is 21.5 Å². The summed E-state index contributed by atoms with van der Waals surface area (Å²) in [6.45, 7) is 3.48. The van der Waals surface area contributed by atoms with Crippen molar-refractivity contribution in [1.29, 1.82) is 0 Å². The number of aliphatic imine (C=N–C) groups is 1. The molecule has 0 bridgehead atoms. The number of thioether (sulfide) groups is 1. The van der Waals surface area contributed by atoms with Crippen molar-refractivity contribution in [2.24, 2.45) is 10.1 Å². The van der Waals surface area contributed by atoms with Gasteiger partial charge in [-0.25, -0.2) is 5.01 Å². The van der Waals surface area contributed by atoms with Gasteiger partial charge in [0.25, 0.3) is 0 Å². The Bertz CT molecular complexity index is 433.